The molecule has 0 unspecified atom stereocenters. The summed E-state index contributed by atoms with van der Waals surface area (Å²) in [6.07, 6.45) is 0.195. The van der Waals surface area contributed by atoms with Crippen LogP contribution in [0.4, 0.5) is 0 Å². The van der Waals surface area contributed by atoms with Crippen molar-refractivity contribution in [2.45, 2.75) is 18.9 Å². The molecule has 6 heteroatoms. The quantitative estimate of drug-likeness (QED) is 0.901. The number of carboxylic acids is 1. The fourth-order valence-corrected chi connectivity index (χ4v) is 1.78. The van der Waals surface area contributed by atoms with E-state index in [1.54, 1.807) is 18.2 Å². The average Bonchev–Trinajstić information content (AvgIpc) is 2.67. The number of rotatable bonds is 2. The number of nitrogens with zero attached hydrogens (tertiary/aromatic N) is 1. The van der Waals surface area contributed by atoms with Crippen molar-refractivity contribution in [1.29, 1.82) is 0 Å². The molecule has 0 fully saturated rings. The van der Waals surface area contributed by atoms with E-state index >= 15 is 0 Å². The predicted molar refractivity (Wildman–Crippen MR) is 64.7 cm³/mol. The molecule has 90 valence electrons. The first-order valence-electron chi connectivity index (χ1n) is 4.86. The molecular formula is C11H9Cl2NO3. The molecule has 1 aliphatic heterocycles. The molecule has 0 saturated heterocycles. The Morgan fingerprint density at radius 1 is 1.47 bits per heavy atom. The van der Waals surface area contributed by atoms with Crippen molar-refractivity contribution in [3.63, 3.8) is 0 Å². The topological polar surface area (TPSA) is 58.9 Å². The summed E-state index contributed by atoms with van der Waals surface area (Å²) in [7, 11) is 0. The van der Waals surface area contributed by atoms with Crippen molar-refractivity contribution in [2.24, 2.45) is 5.16 Å². The molecule has 0 bridgehead atoms. The fourth-order valence-electron chi connectivity index (χ4n) is 1.48. The van der Waals surface area contributed by atoms with Crippen LogP contribution in [0.5, 0.6) is 0 Å². The smallest absolute Gasteiger partial charge is 0.351 e. The average molecular weight is 274 g/mol. The zero-order chi connectivity index (χ0) is 12.6. The largest absolute Gasteiger partial charge is 0.478 e. The first-order valence-corrected chi connectivity index (χ1v) is 5.62. The standard InChI is InChI=1S/C11H9Cl2NO3/c1-11(10(15)16)5-9(14-17-11)6-2-3-7(12)8(13)4-6/h2-4H,5H2,1H3,(H,15,16)/t11-/m1/s1. The molecule has 17 heavy (non-hydrogen) atoms. The van der Waals surface area contributed by atoms with Crippen LogP contribution in [0, 0.1) is 0 Å². The summed E-state index contributed by atoms with van der Waals surface area (Å²) in [5.74, 6) is -1.05. The Bertz CT molecular complexity index is 515. The van der Waals surface area contributed by atoms with Gasteiger partial charge in [0.25, 0.3) is 0 Å². The van der Waals surface area contributed by atoms with E-state index in [4.69, 9.17) is 33.1 Å². The van der Waals surface area contributed by atoms with E-state index in [0.717, 1.165) is 0 Å². The van der Waals surface area contributed by atoms with Gasteiger partial charge in [-0.2, -0.15) is 0 Å². The lowest BCUT2D eigenvalue weighted by atomic mass is 9.96. The van der Waals surface area contributed by atoms with Gasteiger partial charge in [-0.1, -0.05) is 34.4 Å². The van der Waals surface area contributed by atoms with Gasteiger partial charge in [-0.25, -0.2) is 4.79 Å². The molecular weight excluding hydrogens is 265 g/mol. The van der Waals surface area contributed by atoms with Crippen molar-refractivity contribution in [3.8, 4) is 0 Å². The van der Waals surface area contributed by atoms with Crippen molar-refractivity contribution in [3.05, 3.63) is 33.8 Å². The van der Waals surface area contributed by atoms with Crippen LogP contribution in [0.2, 0.25) is 10.0 Å². The van der Waals surface area contributed by atoms with Gasteiger partial charge >= 0.3 is 5.97 Å². The zero-order valence-electron chi connectivity index (χ0n) is 8.91. The molecule has 0 amide bonds. The molecule has 0 aromatic heterocycles. The van der Waals surface area contributed by atoms with E-state index < -0.39 is 11.6 Å². The lowest BCUT2D eigenvalue weighted by molar-refractivity contribution is -0.160. The highest BCUT2D eigenvalue weighted by Gasteiger charge is 2.42. The fraction of sp³-hybridized carbons (Fsp3) is 0.273. The van der Waals surface area contributed by atoms with Crippen LogP contribution in [0.1, 0.15) is 18.9 Å². The number of hydrogen-bond acceptors (Lipinski definition) is 3. The molecule has 0 saturated carbocycles. The Morgan fingerprint density at radius 2 is 2.18 bits per heavy atom. The Morgan fingerprint density at radius 3 is 2.71 bits per heavy atom. The van der Waals surface area contributed by atoms with Crippen LogP contribution in [-0.4, -0.2) is 22.4 Å². The van der Waals surface area contributed by atoms with Crippen LogP contribution in [0.25, 0.3) is 0 Å². The monoisotopic (exact) mass is 273 g/mol. The second-order valence-electron chi connectivity index (χ2n) is 3.97. The van der Waals surface area contributed by atoms with Gasteiger partial charge in [0.15, 0.2) is 0 Å². The summed E-state index contributed by atoms with van der Waals surface area (Å²) in [6, 6.07) is 5.00. The lowest BCUT2D eigenvalue weighted by Crippen LogP contribution is -2.35. The molecule has 0 spiro atoms. The van der Waals surface area contributed by atoms with E-state index in [1.165, 1.54) is 6.92 Å². The highest BCUT2D eigenvalue weighted by atomic mass is 35.5. The van der Waals surface area contributed by atoms with Crippen LogP contribution >= 0.6 is 23.2 Å². The minimum atomic E-state index is -1.30. The highest BCUT2D eigenvalue weighted by molar-refractivity contribution is 6.42. The number of carbonyl (C=O) groups is 1. The van der Waals surface area contributed by atoms with E-state index in [-0.39, 0.29) is 6.42 Å². The minimum Gasteiger partial charge on any atom is -0.478 e. The van der Waals surface area contributed by atoms with Crippen molar-refractivity contribution in [2.75, 3.05) is 0 Å². The maximum atomic E-state index is 11.0. The molecule has 4 nitrogen and oxygen atoms in total. The molecule has 1 aromatic rings. The summed E-state index contributed by atoms with van der Waals surface area (Å²) < 4.78 is 0. The van der Waals surface area contributed by atoms with E-state index in [1.807, 2.05) is 0 Å². The van der Waals surface area contributed by atoms with Gasteiger partial charge in [0.2, 0.25) is 5.60 Å². The number of benzene rings is 1. The summed E-state index contributed by atoms with van der Waals surface area (Å²) in [6.45, 7) is 1.48. The third kappa shape index (κ3) is 2.23. The Hall–Kier alpha value is -1.26. The highest BCUT2D eigenvalue weighted by Crippen LogP contribution is 2.29. The van der Waals surface area contributed by atoms with Crippen LogP contribution < -0.4 is 0 Å². The zero-order valence-corrected chi connectivity index (χ0v) is 10.4. The summed E-state index contributed by atoms with van der Waals surface area (Å²) in [5.41, 5.74) is -0.0422. The SMILES string of the molecule is C[C@]1(C(=O)O)CC(c2ccc(Cl)c(Cl)c2)=NO1. The van der Waals surface area contributed by atoms with Gasteiger partial charge in [0, 0.05) is 12.0 Å². The maximum Gasteiger partial charge on any atom is 0.351 e. The molecule has 0 aliphatic carbocycles. The van der Waals surface area contributed by atoms with Crippen molar-refractivity contribution >= 4 is 34.9 Å². The first-order chi connectivity index (χ1) is 7.92. The summed E-state index contributed by atoms with van der Waals surface area (Å²) >= 11 is 11.7. The summed E-state index contributed by atoms with van der Waals surface area (Å²) in [5, 5.41) is 13.6. The minimum absolute atomic E-state index is 0.195. The maximum absolute atomic E-state index is 11.0. The van der Waals surface area contributed by atoms with Gasteiger partial charge < -0.3 is 9.94 Å². The van der Waals surface area contributed by atoms with E-state index in [2.05, 4.69) is 5.16 Å². The normalized spacial score (nSPS) is 23.1. The molecule has 1 aliphatic rings. The number of halogens is 2. The van der Waals surface area contributed by atoms with Crippen molar-refractivity contribution in [1.82, 2.24) is 0 Å². The van der Waals surface area contributed by atoms with Gasteiger partial charge in [-0.3, -0.25) is 0 Å². The second kappa shape index (κ2) is 4.20. The van der Waals surface area contributed by atoms with Crippen LogP contribution in [0.3, 0.4) is 0 Å². The van der Waals surface area contributed by atoms with Crippen LogP contribution in [0.15, 0.2) is 23.4 Å². The molecule has 1 aromatic carbocycles. The third-order valence-electron chi connectivity index (χ3n) is 2.57. The first kappa shape index (κ1) is 12.2. The molecule has 1 heterocycles. The van der Waals surface area contributed by atoms with Gasteiger partial charge in [-0.15, -0.1) is 0 Å². The second-order valence-corrected chi connectivity index (χ2v) is 4.79. The van der Waals surface area contributed by atoms with Crippen molar-refractivity contribution < 1.29 is 14.7 Å². The van der Waals surface area contributed by atoms with E-state index in [0.29, 0.717) is 21.3 Å². The Kier molecular flexibility index (Phi) is 3.02. The van der Waals surface area contributed by atoms with Crippen LogP contribution in [-0.2, 0) is 9.63 Å². The molecule has 1 atom stereocenters. The number of aliphatic carboxylic acids is 1. The predicted octanol–water partition coefficient (Wildman–Crippen LogP) is 2.96. The Balaban J connectivity index is 2.26. The number of carboxylic acid groups (broad SMARTS) is 1. The van der Waals surface area contributed by atoms with Gasteiger partial charge in [-0.05, 0) is 19.1 Å². The van der Waals surface area contributed by atoms with E-state index in [9.17, 15) is 4.79 Å². The van der Waals surface area contributed by atoms with Gasteiger partial charge in [0.05, 0.1) is 15.8 Å². The molecule has 1 N–H and O–H groups in total. The molecule has 0 radical (unpaired) electrons. The number of oxime groups is 1. The number of hydrogen-bond donors (Lipinski definition) is 1. The molecule has 2 rings (SSSR count). The van der Waals surface area contributed by atoms with Gasteiger partial charge in [0.1, 0.15) is 0 Å². The summed E-state index contributed by atoms with van der Waals surface area (Å²) in [4.78, 5) is 15.9. The third-order valence-corrected chi connectivity index (χ3v) is 3.31. The lowest BCUT2D eigenvalue weighted by Gasteiger charge is -2.14. The Labute approximate surface area is 108 Å².